The molecule has 3 fully saturated rings. The first kappa shape index (κ1) is 19.1. The van der Waals surface area contributed by atoms with Gasteiger partial charge in [0.05, 0.1) is 24.1 Å². The van der Waals surface area contributed by atoms with Gasteiger partial charge in [-0.25, -0.2) is 4.98 Å². The van der Waals surface area contributed by atoms with E-state index < -0.39 is 0 Å². The van der Waals surface area contributed by atoms with Crippen LogP contribution < -0.4 is 0 Å². The van der Waals surface area contributed by atoms with E-state index in [2.05, 4.69) is 19.8 Å². The van der Waals surface area contributed by atoms with E-state index in [1.165, 1.54) is 31.4 Å². The van der Waals surface area contributed by atoms with Crippen molar-refractivity contribution in [2.24, 2.45) is 5.92 Å². The second-order valence-corrected chi connectivity index (χ2v) is 9.35. The minimum Gasteiger partial charge on any atom is -0.348 e. The van der Waals surface area contributed by atoms with E-state index in [1.54, 1.807) is 6.33 Å². The summed E-state index contributed by atoms with van der Waals surface area (Å²) in [5.41, 5.74) is 1.90. The second kappa shape index (κ2) is 7.74. The van der Waals surface area contributed by atoms with E-state index in [0.717, 1.165) is 57.4 Å². The van der Waals surface area contributed by atoms with E-state index in [-0.39, 0.29) is 17.4 Å². The summed E-state index contributed by atoms with van der Waals surface area (Å²) in [6.07, 6.45) is 11.3. The van der Waals surface area contributed by atoms with E-state index in [4.69, 9.17) is 0 Å². The van der Waals surface area contributed by atoms with Gasteiger partial charge in [-0.15, -0.1) is 0 Å². The fraction of sp³-hybridized carbons (Fsp3) is 0.773. The molecule has 29 heavy (non-hydrogen) atoms. The van der Waals surface area contributed by atoms with Gasteiger partial charge in [0, 0.05) is 37.7 Å². The maximum Gasteiger partial charge on any atom is 0.236 e. The molecule has 1 aliphatic carbocycles. The number of hydrogen-bond donors (Lipinski definition) is 1. The lowest BCUT2D eigenvalue weighted by atomic mass is 9.78. The van der Waals surface area contributed by atoms with Gasteiger partial charge in [0.15, 0.2) is 0 Å². The van der Waals surface area contributed by atoms with Crippen molar-refractivity contribution in [3.63, 3.8) is 0 Å². The lowest BCUT2D eigenvalue weighted by Gasteiger charge is -2.50. The summed E-state index contributed by atoms with van der Waals surface area (Å²) in [5.74, 6) is 0.776. The van der Waals surface area contributed by atoms with Crippen molar-refractivity contribution in [3.8, 4) is 0 Å². The van der Waals surface area contributed by atoms with Gasteiger partial charge in [-0.2, -0.15) is 0 Å². The molecule has 3 aliphatic heterocycles. The van der Waals surface area contributed by atoms with Crippen molar-refractivity contribution in [3.05, 3.63) is 17.7 Å². The van der Waals surface area contributed by atoms with Crippen LogP contribution in [-0.2, 0) is 21.5 Å². The first-order chi connectivity index (χ1) is 14.2. The van der Waals surface area contributed by atoms with Crippen molar-refractivity contribution in [1.29, 1.82) is 0 Å². The largest absolute Gasteiger partial charge is 0.348 e. The molecular weight excluding hydrogens is 366 g/mol. The highest BCUT2D eigenvalue weighted by molar-refractivity contribution is 5.82. The monoisotopic (exact) mass is 399 g/mol. The molecule has 4 aliphatic rings. The van der Waals surface area contributed by atoms with Crippen molar-refractivity contribution in [2.75, 3.05) is 39.3 Å². The number of nitrogens with one attached hydrogen (secondary N) is 1. The second-order valence-electron chi connectivity index (χ2n) is 9.35. The Hall–Kier alpha value is -1.89. The number of imidazole rings is 1. The summed E-state index contributed by atoms with van der Waals surface area (Å²) in [7, 11) is 0. The molecule has 7 heteroatoms. The lowest BCUT2D eigenvalue weighted by Crippen LogP contribution is -2.59. The first-order valence-corrected chi connectivity index (χ1v) is 11.5. The highest BCUT2D eigenvalue weighted by Gasteiger charge is 2.51. The van der Waals surface area contributed by atoms with Crippen LogP contribution in [0.3, 0.4) is 0 Å². The van der Waals surface area contributed by atoms with Gasteiger partial charge in [-0.3, -0.25) is 14.5 Å². The maximum absolute atomic E-state index is 13.1. The number of aromatic nitrogens is 2. The van der Waals surface area contributed by atoms with E-state index >= 15 is 0 Å². The van der Waals surface area contributed by atoms with Gasteiger partial charge in [-0.05, 0) is 51.6 Å². The normalized spacial score (nSPS) is 25.0. The molecule has 7 nitrogen and oxygen atoms in total. The molecule has 1 spiro atoms. The molecule has 2 amide bonds. The molecule has 0 radical (unpaired) electrons. The molecule has 158 valence electrons. The topological polar surface area (TPSA) is 72.5 Å². The number of rotatable bonds is 3. The average molecular weight is 400 g/mol. The Labute approximate surface area is 172 Å². The summed E-state index contributed by atoms with van der Waals surface area (Å²) >= 11 is 0. The van der Waals surface area contributed by atoms with Crippen LogP contribution in [0.1, 0.15) is 62.8 Å². The molecule has 5 rings (SSSR count). The number of hydrogen-bond acceptors (Lipinski definition) is 4. The fourth-order valence-corrected chi connectivity index (χ4v) is 5.57. The zero-order chi connectivity index (χ0) is 19.8. The SMILES string of the molecule is O=C(CN1CCCCCC1)N1CCC2(CC1)c1nc[nH]c1CCN2C(=O)C1CC1. The summed E-state index contributed by atoms with van der Waals surface area (Å²) in [4.78, 5) is 40.5. The van der Waals surface area contributed by atoms with Crippen LogP contribution in [-0.4, -0.2) is 75.8 Å². The van der Waals surface area contributed by atoms with Gasteiger partial charge >= 0.3 is 0 Å². The Morgan fingerprint density at radius 1 is 1.03 bits per heavy atom. The Balaban J connectivity index is 1.29. The van der Waals surface area contributed by atoms with Gasteiger partial charge in [-0.1, -0.05) is 12.8 Å². The Morgan fingerprint density at radius 2 is 1.76 bits per heavy atom. The van der Waals surface area contributed by atoms with Crippen molar-refractivity contribution in [1.82, 2.24) is 24.7 Å². The number of amides is 2. The van der Waals surface area contributed by atoms with Gasteiger partial charge in [0.2, 0.25) is 11.8 Å². The molecule has 1 N–H and O–H groups in total. The Bertz CT molecular complexity index is 755. The van der Waals surface area contributed by atoms with Crippen molar-refractivity contribution < 1.29 is 9.59 Å². The van der Waals surface area contributed by atoms with Gasteiger partial charge in [0.25, 0.3) is 0 Å². The molecule has 2 saturated heterocycles. The van der Waals surface area contributed by atoms with Gasteiger partial charge < -0.3 is 14.8 Å². The zero-order valence-electron chi connectivity index (χ0n) is 17.4. The molecule has 0 aromatic carbocycles. The summed E-state index contributed by atoms with van der Waals surface area (Å²) in [5, 5.41) is 0. The number of H-pyrrole nitrogens is 1. The number of carbonyl (C=O) groups is 2. The summed E-state index contributed by atoms with van der Waals surface area (Å²) in [6, 6.07) is 0. The molecule has 1 aromatic heterocycles. The minimum atomic E-state index is -0.327. The smallest absolute Gasteiger partial charge is 0.236 e. The third-order valence-electron chi connectivity index (χ3n) is 7.45. The predicted molar refractivity (Wildman–Crippen MR) is 109 cm³/mol. The fourth-order valence-electron chi connectivity index (χ4n) is 5.57. The van der Waals surface area contributed by atoms with Crippen molar-refractivity contribution >= 4 is 11.8 Å². The molecule has 0 atom stereocenters. The number of aromatic amines is 1. The zero-order valence-corrected chi connectivity index (χ0v) is 17.4. The lowest BCUT2D eigenvalue weighted by molar-refractivity contribution is -0.146. The number of fused-ring (bicyclic) bond motifs is 2. The molecule has 4 heterocycles. The summed E-state index contributed by atoms with van der Waals surface area (Å²) in [6.45, 7) is 4.84. The van der Waals surface area contributed by atoms with Crippen LogP contribution in [0.5, 0.6) is 0 Å². The Morgan fingerprint density at radius 3 is 2.45 bits per heavy atom. The number of nitrogens with zero attached hydrogens (tertiary/aromatic N) is 4. The van der Waals surface area contributed by atoms with Crippen LogP contribution in [0, 0.1) is 5.92 Å². The van der Waals surface area contributed by atoms with E-state index in [1.807, 2.05) is 4.90 Å². The third kappa shape index (κ3) is 3.58. The van der Waals surface area contributed by atoms with E-state index in [9.17, 15) is 9.59 Å². The van der Waals surface area contributed by atoms with Crippen LogP contribution in [0.25, 0.3) is 0 Å². The molecule has 0 bridgehead atoms. The van der Waals surface area contributed by atoms with Crippen LogP contribution in [0.4, 0.5) is 0 Å². The first-order valence-electron chi connectivity index (χ1n) is 11.5. The third-order valence-corrected chi connectivity index (χ3v) is 7.45. The number of piperidine rings is 1. The van der Waals surface area contributed by atoms with Gasteiger partial charge in [0.1, 0.15) is 0 Å². The van der Waals surface area contributed by atoms with E-state index in [0.29, 0.717) is 25.5 Å². The van der Waals surface area contributed by atoms with Crippen molar-refractivity contribution in [2.45, 2.75) is 63.3 Å². The molecular formula is C22H33N5O2. The maximum atomic E-state index is 13.1. The molecule has 1 saturated carbocycles. The molecule has 0 unspecified atom stereocenters. The standard InChI is InChI=1S/C22H33N5O2/c28-19(15-25-10-3-1-2-4-11-25)26-13-8-22(9-14-26)20-18(23-16-24-20)7-12-27(22)21(29)17-5-6-17/h16-17H,1-15H2,(H,23,24). The highest BCUT2D eigenvalue weighted by atomic mass is 16.2. The average Bonchev–Trinajstić information content (AvgIpc) is 3.52. The summed E-state index contributed by atoms with van der Waals surface area (Å²) < 4.78 is 0. The van der Waals surface area contributed by atoms with Crippen LogP contribution in [0.2, 0.25) is 0 Å². The highest BCUT2D eigenvalue weighted by Crippen LogP contribution is 2.45. The molecule has 1 aromatic rings. The quantitative estimate of drug-likeness (QED) is 0.843. The Kier molecular flexibility index (Phi) is 5.10. The number of likely N-dealkylation sites (tertiary alicyclic amines) is 2. The van der Waals surface area contributed by atoms with Crippen LogP contribution in [0.15, 0.2) is 6.33 Å². The van der Waals surface area contributed by atoms with Crippen LogP contribution >= 0.6 is 0 Å². The number of carbonyl (C=O) groups excluding carboxylic acids is 2. The predicted octanol–water partition coefficient (Wildman–Crippen LogP) is 1.90. The minimum absolute atomic E-state index is 0.218.